The number of fused-ring (bicyclic) bond motifs is 2. The second-order valence-electron chi connectivity index (χ2n) is 8.64. The van der Waals surface area contributed by atoms with Gasteiger partial charge in [-0.3, -0.25) is 4.79 Å². The molecule has 0 saturated carbocycles. The molecular weight excluding hydrogens is 402 g/mol. The Balaban J connectivity index is 1.20. The minimum Gasteiger partial charge on any atom is -0.354 e. The average molecular weight is 425 g/mol. The van der Waals surface area contributed by atoms with Crippen LogP contribution in [0.4, 0.5) is 5.82 Å². The summed E-state index contributed by atoms with van der Waals surface area (Å²) in [6, 6.07) is 15.6. The van der Waals surface area contributed by atoms with Crippen molar-refractivity contribution in [2.24, 2.45) is 11.8 Å². The Bertz CT molecular complexity index is 1290. The van der Waals surface area contributed by atoms with Crippen molar-refractivity contribution in [2.45, 2.75) is 6.92 Å². The van der Waals surface area contributed by atoms with Gasteiger partial charge in [0.25, 0.3) is 5.91 Å². The Labute approximate surface area is 185 Å². The number of aromatic amines is 1. The van der Waals surface area contributed by atoms with E-state index in [0.29, 0.717) is 23.2 Å². The van der Waals surface area contributed by atoms with E-state index in [0.717, 1.165) is 54.3 Å². The van der Waals surface area contributed by atoms with Crippen molar-refractivity contribution >= 4 is 22.8 Å². The summed E-state index contributed by atoms with van der Waals surface area (Å²) in [6.07, 6.45) is 1.53. The standard InChI is InChI=1S/C24H23N7O/c1-15-23(28-21-9-5-4-8-20(21)27-15)30-10-16-12-31(13-17(16)11-30)24(32)19-7-3-2-6-18(19)22-25-14-26-29-22/h2-9,14,16-17H,10-13H2,1H3,(H,25,26,29). The minimum atomic E-state index is 0.0552. The highest BCUT2D eigenvalue weighted by Gasteiger charge is 2.42. The highest BCUT2D eigenvalue weighted by Crippen LogP contribution is 2.35. The number of hydrogen-bond donors (Lipinski definition) is 1. The van der Waals surface area contributed by atoms with Crippen molar-refractivity contribution in [2.75, 3.05) is 31.1 Å². The van der Waals surface area contributed by atoms with Crippen molar-refractivity contribution in [3.05, 3.63) is 66.1 Å². The van der Waals surface area contributed by atoms with Crippen LogP contribution in [0.1, 0.15) is 16.1 Å². The van der Waals surface area contributed by atoms with Gasteiger partial charge in [0.2, 0.25) is 0 Å². The molecule has 8 nitrogen and oxygen atoms in total. The van der Waals surface area contributed by atoms with E-state index in [-0.39, 0.29) is 5.91 Å². The van der Waals surface area contributed by atoms with E-state index in [1.165, 1.54) is 6.33 Å². The first-order chi connectivity index (χ1) is 15.7. The summed E-state index contributed by atoms with van der Waals surface area (Å²) in [7, 11) is 0. The van der Waals surface area contributed by atoms with E-state index in [1.807, 2.05) is 60.4 Å². The third kappa shape index (κ3) is 3.10. The first-order valence-electron chi connectivity index (χ1n) is 10.9. The zero-order valence-corrected chi connectivity index (χ0v) is 17.8. The predicted molar refractivity (Wildman–Crippen MR) is 121 cm³/mol. The maximum absolute atomic E-state index is 13.4. The van der Waals surface area contributed by atoms with Gasteiger partial charge in [-0.2, -0.15) is 0 Å². The van der Waals surface area contributed by atoms with Crippen LogP contribution in [0, 0.1) is 18.8 Å². The highest BCUT2D eigenvalue weighted by molar-refractivity contribution is 6.00. The monoisotopic (exact) mass is 425 g/mol. The fraction of sp³-hybridized carbons (Fsp3) is 0.292. The van der Waals surface area contributed by atoms with Crippen LogP contribution in [-0.2, 0) is 0 Å². The molecule has 2 aliphatic rings. The Morgan fingerprint density at radius 1 is 0.938 bits per heavy atom. The van der Waals surface area contributed by atoms with Crippen LogP contribution < -0.4 is 4.90 Å². The minimum absolute atomic E-state index is 0.0552. The number of carbonyl (C=O) groups excluding carboxylic acids is 1. The SMILES string of the molecule is Cc1nc2ccccc2nc1N1CC2CN(C(=O)c3ccccc3-c3nnc[nH]3)CC2C1. The Morgan fingerprint density at radius 2 is 1.62 bits per heavy atom. The number of rotatable bonds is 3. The Morgan fingerprint density at radius 3 is 2.34 bits per heavy atom. The zero-order valence-electron chi connectivity index (χ0n) is 17.8. The van der Waals surface area contributed by atoms with E-state index in [9.17, 15) is 4.79 Å². The number of aromatic nitrogens is 5. The summed E-state index contributed by atoms with van der Waals surface area (Å²) in [4.78, 5) is 30.4. The molecule has 2 atom stereocenters. The molecule has 4 heterocycles. The van der Waals surface area contributed by atoms with Gasteiger partial charge in [0, 0.05) is 43.6 Å². The smallest absolute Gasteiger partial charge is 0.254 e. The number of nitrogens with zero attached hydrogens (tertiary/aromatic N) is 6. The number of likely N-dealkylation sites (tertiary alicyclic amines) is 1. The summed E-state index contributed by atoms with van der Waals surface area (Å²) in [6.45, 7) is 5.33. The molecule has 1 amide bonds. The van der Waals surface area contributed by atoms with Gasteiger partial charge in [-0.15, -0.1) is 10.2 Å². The van der Waals surface area contributed by atoms with Crippen LogP contribution in [0.2, 0.25) is 0 Å². The molecule has 0 aliphatic carbocycles. The van der Waals surface area contributed by atoms with E-state index >= 15 is 0 Å². The number of carbonyl (C=O) groups is 1. The molecule has 2 aromatic carbocycles. The van der Waals surface area contributed by atoms with E-state index < -0.39 is 0 Å². The number of amides is 1. The summed E-state index contributed by atoms with van der Waals surface area (Å²) in [5.74, 6) is 2.50. The van der Waals surface area contributed by atoms with E-state index in [4.69, 9.17) is 9.97 Å². The van der Waals surface area contributed by atoms with Gasteiger partial charge >= 0.3 is 0 Å². The van der Waals surface area contributed by atoms with Crippen LogP contribution in [0.25, 0.3) is 22.4 Å². The fourth-order valence-electron chi connectivity index (χ4n) is 5.09. The van der Waals surface area contributed by atoms with Crippen molar-refractivity contribution in [1.82, 2.24) is 30.0 Å². The molecule has 2 fully saturated rings. The van der Waals surface area contributed by atoms with Gasteiger partial charge < -0.3 is 14.8 Å². The van der Waals surface area contributed by atoms with Gasteiger partial charge in [-0.05, 0) is 25.1 Å². The van der Waals surface area contributed by atoms with Crippen LogP contribution >= 0.6 is 0 Å². The lowest BCUT2D eigenvalue weighted by molar-refractivity contribution is 0.0783. The lowest BCUT2D eigenvalue weighted by atomic mass is 10.0. The summed E-state index contributed by atoms with van der Waals surface area (Å²) < 4.78 is 0. The molecular formula is C24H23N7O. The number of hydrogen-bond acceptors (Lipinski definition) is 6. The van der Waals surface area contributed by atoms with Gasteiger partial charge in [0.05, 0.1) is 22.3 Å². The Kier molecular flexibility index (Phi) is 4.38. The first-order valence-corrected chi connectivity index (χ1v) is 10.9. The third-order valence-electron chi connectivity index (χ3n) is 6.62. The molecule has 0 spiro atoms. The largest absolute Gasteiger partial charge is 0.354 e. The van der Waals surface area contributed by atoms with Crippen molar-refractivity contribution in [1.29, 1.82) is 0 Å². The molecule has 2 aromatic heterocycles. The van der Waals surface area contributed by atoms with E-state index in [2.05, 4.69) is 20.1 Å². The second-order valence-corrected chi connectivity index (χ2v) is 8.64. The van der Waals surface area contributed by atoms with Gasteiger partial charge in [0.15, 0.2) is 11.6 Å². The third-order valence-corrected chi connectivity index (χ3v) is 6.62. The molecule has 2 saturated heterocycles. The number of H-pyrrole nitrogens is 1. The summed E-state index contributed by atoms with van der Waals surface area (Å²) in [5.41, 5.74) is 4.26. The quantitative estimate of drug-likeness (QED) is 0.543. The maximum atomic E-state index is 13.4. The molecule has 0 bridgehead atoms. The van der Waals surface area contributed by atoms with Crippen LogP contribution in [0.5, 0.6) is 0 Å². The van der Waals surface area contributed by atoms with Crippen LogP contribution in [0.15, 0.2) is 54.9 Å². The van der Waals surface area contributed by atoms with Gasteiger partial charge in [0.1, 0.15) is 6.33 Å². The second kappa shape index (κ2) is 7.40. The first kappa shape index (κ1) is 18.9. The molecule has 160 valence electrons. The number of anilines is 1. The van der Waals surface area contributed by atoms with Gasteiger partial charge in [-0.25, -0.2) is 9.97 Å². The maximum Gasteiger partial charge on any atom is 0.254 e. The lowest BCUT2D eigenvalue weighted by Gasteiger charge is -2.24. The van der Waals surface area contributed by atoms with Crippen molar-refractivity contribution in [3.63, 3.8) is 0 Å². The summed E-state index contributed by atoms with van der Waals surface area (Å²) >= 11 is 0. The lowest BCUT2D eigenvalue weighted by Crippen LogP contribution is -2.34. The fourth-order valence-corrected chi connectivity index (χ4v) is 5.09. The van der Waals surface area contributed by atoms with Crippen LogP contribution in [0.3, 0.4) is 0 Å². The predicted octanol–water partition coefficient (Wildman–Crippen LogP) is 2.93. The Hall–Kier alpha value is -3.81. The molecule has 32 heavy (non-hydrogen) atoms. The molecule has 8 heteroatoms. The normalized spacial score (nSPS) is 20.2. The summed E-state index contributed by atoms with van der Waals surface area (Å²) in [5, 5.41) is 7.95. The number of benzene rings is 2. The topological polar surface area (TPSA) is 90.9 Å². The van der Waals surface area contributed by atoms with Gasteiger partial charge in [-0.1, -0.05) is 30.3 Å². The number of para-hydroxylation sites is 2. The van der Waals surface area contributed by atoms with Crippen molar-refractivity contribution < 1.29 is 4.79 Å². The molecule has 4 aromatic rings. The average Bonchev–Trinajstić information content (AvgIpc) is 3.55. The zero-order chi connectivity index (χ0) is 21.7. The van der Waals surface area contributed by atoms with Crippen LogP contribution in [-0.4, -0.2) is 62.1 Å². The molecule has 1 N–H and O–H groups in total. The van der Waals surface area contributed by atoms with E-state index in [1.54, 1.807) is 0 Å². The molecule has 6 rings (SSSR count). The van der Waals surface area contributed by atoms with Crippen molar-refractivity contribution in [3.8, 4) is 11.4 Å². The molecule has 0 radical (unpaired) electrons. The number of nitrogens with one attached hydrogen (secondary N) is 1. The molecule has 2 unspecified atom stereocenters. The molecule has 2 aliphatic heterocycles. The highest BCUT2D eigenvalue weighted by atomic mass is 16.2. The number of aryl methyl sites for hydroxylation is 1.